The standard InChI is InChI=1S/C11H7ClF3NO2/c12-7-2-1-5(3-6(7)11(13,14)15)9-8(17)4-18-10(9)16/h1-3H,4,16H2. The number of halogens is 4. The van der Waals surface area contributed by atoms with Crippen LogP contribution < -0.4 is 5.73 Å². The van der Waals surface area contributed by atoms with Crippen LogP contribution >= 0.6 is 11.6 Å². The molecule has 0 unspecified atom stereocenters. The summed E-state index contributed by atoms with van der Waals surface area (Å²) in [7, 11) is 0. The maximum absolute atomic E-state index is 12.7. The Morgan fingerprint density at radius 2 is 2.00 bits per heavy atom. The Kier molecular flexibility index (Phi) is 2.98. The van der Waals surface area contributed by atoms with Crippen molar-refractivity contribution < 1.29 is 22.7 Å². The first-order valence-corrected chi connectivity index (χ1v) is 5.21. The first-order chi connectivity index (χ1) is 8.30. The third-order valence-corrected chi connectivity index (χ3v) is 2.77. The van der Waals surface area contributed by atoms with Crippen molar-refractivity contribution in [1.82, 2.24) is 0 Å². The lowest BCUT2D eigenvalue weighted by atomic mass is 10.0. The van der Waals surface area contributed by atoms with Crippen molar-refractivity contribution in [3.05, 3.63) is 40.2 Å². The quantitative estimate of drug-likeness (QED) is 0.858. The lowest BCUT2D eigenvalue weighted by Gasteiger charge is -2.10. The predicted octanol–water partition coefficient (Wildman–Crippen LogP) is 2.59. The molecule has 96 valence electrons. The van der Waals surface area contributed by atoms with Crippen molar-refractivity contribution in [2.24, 2.45) is 5.73 Å². The van der Waals surface area contributed by atoms with Gasteiger partial charge >= 0.3 is 6.18 Å². The Balaban J connectivity index is 2.55. The van der Waals surface area contributed by atoms with Gasteiger partial charge in [0.15, 0.2) is 12.5 Å². The van der Waals surface area contributed by atoms with Crippen LogP contribution in [0, 0.1) is 0 Å². The highest BCUT2D eigenvalue weighted by Crippen LogP contribution is 2.37. The Hall–Kier alpha value is -1.69. The molecule has 0 bridgehead atoms. The topological polar surface area (TPSA) is 52.3 Å². The molecular formula is C11H7ClF3NO2. The number of hydrogen-bond donors (Lipinski definition) is 1. The molecule has 2 N–H and O–H groups in total. The highest BCUT2D eigenvalue weighted by atomic mass is 35.5. The number of hydrogen-bond acceptors (Lipinski definition) is 3. The van der Waals surface area contributed by atoms with Crippen LogP contribution in [0.5, 0.6) is 0 Å². The normalized spacial score (nSPS) is 16.1. The second-order valence-electron chi connectivity index (χ2n) is 3.64. The van der Waals surface area contributed by atoms with E-state index in [0.29, 0.717) is 0 Å². The highest BCUT2D eigenvalue weighted by Gasteiger charge is 2.34. The molecule has 2 rings (SSSR count). The van der Waals surface area contributed by atoms with Crippen molar-refractivity contribution in [3.63, 3.8) is 0 Å². The number of ether oxygens (including phenoxy) is 1. The number of ketones is 1. The fourth-order valence-electron chi connectivity index (χ4n) is 1.63. The van der Waals surface area contributed by atoms with Gasteiger partial charge in [-0.25, -0.2) is 0 Å². The number of carbonyl (C=O) groups is 1. The molecular weight excluding hydrogens is 271 g/mol. The molecule has 0 amide bonds. The zero-order valence-corrected chi connectivity index (χ0v) is 9.60. The molecule has 1 aliphatic rings. The second kappa shape index (κ2) is 4.20. The molecule has 0 atom stereocenters. The number of alkyl halides is 3. The SMILES string of the molecule is NC1=C(c2ccc(Cl)c(C(F)(F)F)c2)C(=O)CO1. The van der Waals surface area contributed by atoms with E-state index < -0.39 is 22.5 Å². The molecule has 1 heterocycles. The second-order valence-corrected chi connectivity index (χ2v) is 4.05. The molecule has 7 heteroatoms. The van der Waals surface area contributed by atoms with Gasteiger partial charge in [0.05, 0.1) is 16.2 Å². The maximum Gasteiger partial charge on any atom is 0.417 e. The average Bonchev–Trinajstić information content (AvgIpc) is 2.58. The summed E-state index contributed by atoms with van der Waals surface area (Å²) >= 11 is 5.48. The van der Waals surface area contributed by atoms with Crippen molar-refractivity contribution in [2.75, 3.05) is 6.61 Å². The molecule has 0 spiro atoms. The molecule has 1 aromatic rings. The van der Waals surface area contributed by atoms with Gasteiger partial charge in [0.2, 0.25) is 5.78 Å². The third-order valence-electron chi connectivity index (χ3n) is 2.44. The van der Waals surface area contributed by atoms with E-state index >= 15 is 0 Å². The van der Waals surface area contributed by atoms with E-state index in [1.165, 1.54) is 6.07 Å². The van der Waals surface area contributed by atoms with Crippen LogP contribution in [0.2, 0.25) is 5.02 Å². The van der Waals surface area contributed by atoms with E-state index in [0.717, 1.165) is 12.1 Å². The van der Waals surface area contributed by atoms with Gasteiger partial charge in [0, 0.05) is 0 Å². The van der Waals surface area contributed by atoms with Gasteiger partial charge in [-0.3, -0.25) is 4.79 Å². The zero-order valence-electron chi connectivity index (χ0n) is 8.84. The number of Topliss-reactive ketones (excluding diaryl/α,β-unsaturated/α-hetero) is 1. The minimum Gasteiger partial charge on any atom is -0.470 e. The van der Waals surface area contributed by atoms with Crippen molar-refractivity contribution in [3.8, 4) is 0 Å². The van der Waals surface area contributed by atoms with E-state index in [1.807, 2.05) is 0 Å². The van der Waals surface area contributed by atoms with Crippen LogP contribution in [0.1, 0.15) is 11.1 Å². The molecule has 0 saturated heterocycles. The minimum atomic E-state index is -4.59. The van der Waals surface area contributed by atoms with Gasteiger partial charge in [-0.2, -0.15) is 13.2 Å². The predicted molar refractivity (Wildman–Crippen MR) is 58.5 cm³/mol. The van der Waals surface area contributed by atoms with Crippen LogP contribution in [0.25, 0.3) is 5.57 Å². The third kappa shape index (κ3) is 2.15. The van der Waals surface area contributed by atoms with Crippen LogP contribution in [-0.2, 0) is 15.7 Å². The van der Waals surface area contributed by atoms with Crippen molar-refractivity contribution in [1.29, 1.82) is 0 Å². The lowest BCUT2D eigenvalue weighted by Crippen LogP contribution is -2.08. The van der Waals surface area contributed by atoms with Crippen LogP contribution in [0.4, 0.5) is 13.2 Å². The van der Waals surface area contributed by atoms with E-state index in [2.05, 4.69) is 0 Å². The molecule has 0 radical (unpaired) electrons. The van der Waals surface area contributed by atoms with Gasteiger partial charge in [-0.1, -0.05) is 17.7 Å². The molecule has 3 nitrogen and oxygen atoms in total. The molecule has 18 heavy (non-hydrogen) atoms. The van der Waals surface area contributed by atoms with Crippen molar-refractivity contribution >= 4 is 23.0 Å². The molecule has 1 aliphatic heterocycles. The Labute approximate surface area is 105 Å². The van der Waals surface area contributed by atoms with Gasteiger partial charge in [-0.05, 0) is 17.7 Å². The summed E-state index contributed by atoms with van der Waals surface area (Å²) in [4.78, 5) is 11.5. The monoisotopic (exact) mass is 277 g/mol. The van der Waals surface area contributed by atoms with Crippen LogP contribution in [0.15, 0.2) is 24.1 Å². The number of carbonyl (C=O) groups excluding carboxylic acids is 1. The summed E-state index contributed by atoms with van der Waals surface area (Å²) in [5.74, 6) is -0.626. The fraction of sp³-hybridized carbons (Fsp3) is 0.182. The van der Waals surface area contributed by atoms with Gasteiger partial charge < -0.3 is 10.5 Å². The van der Waals surface area contributed by atoms with Gasteiger partial charge in [0.25, 0.3) is 0 Å². The lowest BCUT2D eigenvalue weighted by molar-refractivity contribution is -0.137. The first-order valence-electron chi connectivity index (χ1n) is 4.83. The maximum atomic E-state index is 12.7. The van der Waals surface area contributed by atoms with Crippen molar-refractivity contribution in [2.45, 2.75) is 6.18 Å². The van der Waals surface area contributed by atoms with Gasteiger partial charge in [0.1, 0.15) is 0 Å². The molecule has 0 aromatic heterocycles. The molecule has 1 aromatic carbocycles. The number of nitrogens with two attached hydrogens (primary N) is 1. The Bertz CT molecular complexity index is 552. The summed E-state index contributed by atoms with van der Waals surface area (Å²) in [5, 5.41) is -0.434. The van der Waals surface area contributed by atoms with E-state index in [1.54, 1.807) is 0 Å². The fourth-order valence-corrected chi connectivity index (χ4v) is 1.85. The number of rotatable bonds is 1. The first kappa shape index (κ1) is 12.8. The summed E-state index contributed by atoms with van der Waals surface area (Å²) in [6.45, 7) is -0.259. The zero-order chi connectivity index (χ0) is 13.5. The Morgan fingerprint density at radius 1 is 1.33 bits per heavy atom. The smallest absolute Gasteiger partial charge is 0.417 e. The highest BCUT2D eigenvalue weighted by molar-refractivity contribution is 6.31. The molecule has 0 aliphatic carbocycles. The summed E-state index contributed by atoms with van der Waals surface area (Å²) in [6, 6.07) is 3.16. The molecule has 0 saturated carbocycles. The molecule has 0 fully saturated rings. The summed E-state index contributed by atoms with van der Waals surface area (Å²) in [5.41, 5.74) is 4.41. The van der Waals surface area contributed by atoms with Crippen LogP contribution in [0.3, 0.4) is 0 Å². The Morgan fingerprint density at radius 3 is 2.50 bits per heavy atom. The number of benzene rings is 1. The van der Waals surface area contributed by atoms with Crippen LogP contribution in [-0.4, -0.2) is 12.4 Å². The summed E-state index contributed by atoms with van der Waals surface area (Å²) in [6.07, 6.45) is -4.59. The van der Waals surface area contributed by atoms with Gasteiger partial charge in [-0.15, -0.1) is 0 Å². The largest absolute Gasteiger partial charge is 0.470 e. The van der Waals surface area contributed by atoms with E-state index in [4.69, 9.17) is 22.1 Å². The summed E-state index contributed by atoms with van der Waals surface area (Å²) < 4.78 is 42.8. The minimum absolute atomic E-state index is 0.0443. The van der Waals surface area contributed by atoms with E-state index in [9.17, 15) is 18.0 Å². The average molecular weight is 278 g/mol. The van der Waals surface area contributed by atoms with E-state index in [-0.39, 0.29) is 23.6 Å².